The van der Waals surface area contributed by atoms with Crippen LogP contribution in [0, 0.1) is 5.92 Å². The van der Waals surface area contributed by atoms with E-state index in [4.69, 9.17) is 4.74 Å². The van der Waals surface area contributed by atoms with Crippen LogP contribution >= 0.6 is 11.3 Å². The van der Waals surface area contributed by atoms with Gasteiger partial charge < -0.3 is 15.0 Å². The van der Waals surface area contributed by atoms with Crippen molar-refractivity contribution in [3.63, 3.8) is 0 Å². The molecule has 5 heteroatoms. The largest absolute Gasteiger partial charge is 0.495 e. The Bertz CT molecular complexity index is 403. The zero-order valence-electron chi connectivity index (χ0n) is 10.9. The molecule has 1 aliphatic heterocycles. The van der Waals surface area contributed by atoms with Gasteiger partial charge in [0.25, 0.3) is 5.91 Å². The summed E-state index contributed by atoms with van der Waals surface area (Å²) < 4.78 is 5.22. The highest BCUT2D eigenvalue weighted by Crippen LogP contribution is 2.27. The maximum absolute atomic E-state index is 12.4. The molecule has 2 rings (SSSR count). The summed E-state index contributed by atoms with van der Waals surface area (Å²) >= 11 is 1.46. The number of amides is 1. The predicted molar refractivity (Wildman–Crippen MR) is 73.4 cm³/mol. The van der Waals surface area contributed by atoms with E-state index in [1.54, 1.807) is 7.11 Å². The molecule has 0 radical (unpaired) electrons. The van der Waals surface area contributed by atoms with Crippen LogP contribution in [0.1, 0.15) is 22.5 Å². The molecule has 1 saturated heterocycles. The summed E-state index contributed by atoms with van der Waals surface area (Å²) in [5.41, 5.74) is 0. The smallest absolute Gasteiger partial charge is 0.267 e. The lowest BCUT2D eigenvalue weighted by atomic mass is 9.98. The molecule has 1 N–H and O–H groups in total. The van der Waals surface area contributed by atoms with E-state index in [2.05, 4.69) is 5.32 Å². The first kappa shape index (κ1) is 13.4. The highest BCUT2D eigenvalue weighted by Gasteiger charge is 2.26. The lowest BCUT2D eigenvalue weighted by molar-refractivity contribution is 0.0676. The van der Waals surface area contributed by atoms with E-state index in [1.807, 2.05) is 23.4 Å². The van der Waals surface area contributed by atoms with Crippen molar-refractivity contribution >= 4 is 17.2 Å². The van der Waals surface area contributed by atoms with Gasteiger partial charge in [-0.25, -0.2) is 0 Å². The number of methoxy groups -OCH3 is 1. The Morgan fingerprint density at radius 3 is 3.22 bits per heavy atom. The summed E-state index contributed by atoms with van der Waals surface area (Å²) in [4.78, 5) is 15.1. The Balaban J connectivity index is 2.04. The third kappa shape index (κ3) is 2.84. The number of piperidine rings is 1. The Morgan fingerprint density at radius 1 is 1.67 bits per heavy atom. The van der Waals surface area contributed by atoms with Crippen molar-refractivity contribution in [1.29, 1.82) is 0 Å². The fourth-order valence-corrected chi connectivity index (χ4v) is 3.29. The van der Waals surface area contributed by atoms with Crippen molar-refractivity contribution in [3.05, 3.63) is 16.3 Å². The van der Waals surface area contributed by atoms with Gasteiger partial charge in [0.15, 0.2) is 0 Å². The van der Waals surface area contributed by atoms with Gasteiger partial charge in [-0.3, -0.25) is 4.79 Å². The van der Waals surface area contributed by atoms with Crippen LogP contribution in [0.2, 0.25) is 0 Å². The zero-order chi connectivity index (χ0) is 13.0. The van der Waals surface area contributed by atoms with Crippen LogP contribution in [0.5, 0.6) is 5.75 Å². The number of hydrogen-bond acceptors (Lipinski definition) is 4. The third-order valence-electron chi connectivity index (χ3n) is 3.34. The number of rotatable bonds is 4. The average molecular weight is 268 g/mol. The van der Waals surface area contributed by atoms with Crippen LogP contribution in [0.4, 0.5) is 0 Å². The number of nitrogens with zero attached hydrogens (tertiary/aromatic N) is 1. The van der Waals surface area contributed by atoms with Crippen LogP contribution < -0.4 is 10.1 Å². The summed E-state index contributed by atoms with van der Waals surface area (Å²) in [6.45, 7) is 2.69. The summed E-state index contributed by atoms with van der Waals surface area (Å²) in [5.74, 6) is 1.38. The van der Waals surface area contributed by atoms with E-state index in [1.165, 1.54) is 17.8 Å². The molecule has 1 fully saturated rings. The Kier molecular flexibility index (Phi) is 4.60. The topological polar surface area (TPSA) is 41.6 Å². The minimum absolute atomic E-state index is 0.114. The van der Waals surface area contributed by atoms with E-state index in [0.29, 0.717) is 11.7 Å². The lowest BCUT2D eigenvalue weighted by Gasteiger charge is -2.32. The first-order valence-electron chi connectivity index (χ1n) is 6.31. The molecular formula is C13H20N2O2S. The zero-order valence-corrected chi connectivity index (χ0v) is 11.8. The molecule has 1 unspecified atom stereocenters. The van der Waals surface area contributed by atoms with Crippen LogP contribution in [0.3, 0.4) is 0 Å². The fraction of sp³-hybridized carbons (Fsp3) is 0.615. The molecule has 0 aliphatic carbocycles. The van der Waals surface area contributed by atoms with E-state index in [9.17, 15) is 4.79 Å². The van der Waals surface area contributed by atoms with E-state index in [-0.39, 0.29) is 5.91 Å². The van der Waals surface area contributed by atoms with E-state index >= 15 is 0 Å². The van der Waals surface area contributed by atoms with Crippen LogP contribution in [-0.2, 0) is 0 Å². The standard InChI is InChI=1S/C13H20N2O2S/c1-14-8-10-4-3-6-15(9-10)13(16)12-11(17-2)5-7-18-12/h5,7,10,14H,3-4,6,8-9H2,1-2H3. The Labute approximate surface area is 112 Å². The highest BCUT2D eigenvalue weighted by atomic mass is 32.1. The quantitative estimate of drug-likeness (QED) is 0.906. The molecule has 1 aromatic rings. The molecule has 4 nitrogen and oxygen atoms in total. The second kappa shape index (κ2) is 6.20. The van der Waals surface area contributed by atoms with Crippen molar-refractivity contribution in [3.8, 4) is 5.75 Å². The van der Waals surface area contributed by atoms with Gasteiger partial charge in [-0.15, -0.1) is 11.3 Å². The molecule has 1 atom stereocenters. The third-order valence-corrected chi connectivity index (χ3v) is 4.23. The van der Waals surface area contributed by atoms with Gasteiger partial charge in [0, 0.05) is 13.1 Å². The maximum atomic E-state index is 12.4. The number of ether oxygens (including phenoxy) is 1. The van der Waals surface area contributed by atoms with Crippen molar-refractivity contribution in [2.45, 2.75) is 12.8 Å². The number of hydrogen-bond donors (Lipinski definition) is 1. The van der Waals surface area contributed by atoms with Crippen LogP contribution in [-0.4, -0.2) is 44.6 Å². The van der Waals surface area contributed by atoms with Crippen molar-refractivity contribution < 1.29 is 9.53 Å². The van der Waals surface area contributed by atoms with Gasteiger partial charge in [0.2, 0.25) is 0 Å². The molecule has 1 amide bonds. The number of carbonyl (C=O) groups is 1. The van der Waals surface area contributed by atoms with Gasteiger partial charge in [0.1, 0.15) is 10.6 Å². The maximum Gasteiger partial charge on any atom is 0.267 e. The Hall–Kier alpha value is -1.07. The molecule has 0 aromatic carbocycles. The SMILES string of the molecule is CNCC1CCCN(C(=O)c2sccc2OC)C1. The number of carbonyl (C=O) groups excluding carboxylic acids is 1. The molecule has 1 aliphatic rings. The van der Waals surface area contributed by atoms with Crippen LogP contribution in [0.15, 0.2) is 11.4 Å². The second-order valence-corrected chi connectivity index (χ2v) is 5.55. The van der Waals surface area contributed by atoms with Gasteiger partial charge >= 0.3 is 0 Å². The Morgan fingerprint density at radius 2 is 2.50 bits per heavy atom. The first-order valence-corrected chi connectivity index (χ1v) is 7.19. The monoisotopic (exact) mass is 268 g/mol. The number of thiophene rings is 1. The number of likely N-dealkylation sites (tertiary alicyclic amines) is 1. The van der Waals surface area contributed by atoms with Crippen molar-refractivity contribution in [2.24, 2.45) is 5.92 Å². The molecule has 100 valence electrons. The van der Waals surface area contributed by atoms with E-state index in [0.717, 1.165) is 30.9 Å². The molecule has 0 saturated carbocycles. The molecular weight excluding hydrogens is 248 g/mol. The summed E-state index contributed by atoms with van der Waals surface area (Å²) in [5, 5.41) is 5.10. The molecule has 1 aromatic heterocycles. The minimum Gasteiger partial charge on any atom is -0.495 e. The van der Waals surface area contributed by atoms with Gasteiger partial charge in [0.05, 0.1) is 7.11 Å². The molecule has 0 bridgehead atoms. The van der Waals surface area contributed by atoms with Crippen molar-refractivity contribution in [1.82, 2.24) is 10.2 Å². The molecule has 18 heavy (non-hydrogen) atoms. The van der Waals surface area contributed by atoms with Crippen LogP contribution in [0.25, 0.3) is 0 Å². The second-order valence-electron chi connectivity index (χ2n) is 4.64. The van der Waals surface area contributed by atoms with Gasteiger partial charge in [-0.05, 0) is 43.8 Å². The molecule has 2 heterocycles. The minimum atomic E-state index is 0.114. The van der Waals surface area contributed by atoms with Gasteiger partial charge in [-0.1, -0.05) is 0 Å². The summed E-state index contributed by atoms with van der Waals surface area (Å²) in [7, 11) is 3.57. The van der Waals surface area contributed by atoms with E-state index < -0.39 is 0 Å². The number of nitrogens with one attached hydrogen (secondary N) is 1. The highest BCUT2D eigenvalue weighted by molar-refractivity contribution is 7.12. The van der Waals surface area contributed by atoms with Gasteiger partial charge in [-0.2, -0.15) is 0 Å². The summed E-state index contributed by atoms with van der Waals surface area (Å²) in [6.07, 6.45) is 2.29. The van der Waals surface area contributed by atoms with Crippen molar-refractivity contribution in [2.75, 3.05) is 33.8 Å². The molecule has 0 spiro atoms. The summed E-state index contributed by atoms with van der Waals surface area (Å²) in [6, 6.07) is 1.85. The first-order chi connectivity index (χ1) is 8.76. The predicted octanol–water partition coefficient (Wildman–Crippen LogP) is 1.83. The normalized spacial score (nSPS) is 19.9. The fourth-order valence-electron chi connectivity index (χ4n) is 2.46. The average Bonchev–Trinajstić information content (AvgIpc) is 2.87. The lowest BCUT2D eigenvalue weighted by Crippen LogP contribution is -2.42.